The average Bonchev–Trinajstić information content (AvgIpc) is 2.95. The third-order valence-corrected chi connectivity index (χ3v) is 4.63. The maximum absolute atomic E-state index is 3.59. The molecule has 0 saturated carbocycles. The molecule has 0 amide bonds. The second kappa shape index (κ2) is 5.03. The number of H-pyrrole nitrogens is 1. The van der Waals surface area contributed by atoms with Crippen LogP contribution in [0.5, 0.6) is 0 Å². The number of aromatic amines is 1. The van der Waals surface area contributed by atoms with Crippen LogP contribution in [0.25, 0.3) is 32.9 Å². The van der Waals surface area contributed by atoms with Crippen LogP contribution in [-0.4, -0.2) is 4.98 Å². The highest BCUT2D eigenvalue weighted by Crippen LogP contribution is 2.34. The molecular weight excluding hydrogens is 266 g/mol. The number of nitrogens with one attached hydrogen (secondary N) is 1. The van der Waals surface area contributed by atoms with Gasteiger partial charge >= 0.3 is 0 Å². The Morgan fingerprint density at radius 2 is 1.55 bits per heavy atom. The Hall–Kier alpha value is -2.54. The predicted molar refractivity (Wildman–Crippen MR) is 95.4 cm³/mol. The van der Waals surface area contributed by atoms with Crippen LogP contribution in [0.1, 0.15) is 18.1 Å². The SMILES string of the molecule is CCc1ccccc1-c1ccc2c([nH]c3ccccc32)c1C. The van der Waals surface area contributed by atoms with Gasteiger partial charge < -0.3 is 4.98 Å². The van der Waals surface area contributed by atoms with E-state index in [1.54, 1.807) is 0 Å². The van der Waals surface area contributed by atoms with E-state index in [-0.39, 0.29) is 0 Å². The minimum atomic E-state index is 1.06. The molecule has 1 aromatic heterocycles. The number of hydrogen-bond donors (Lipinski definition) is 1. The van der Waals surface area contributed by atoms with Crippen molar-refractivity contribution >= 4 is 21.8 Å². The molecule has 108 valence electrons. The zero-order valence-corrected chi connectivity index (χ0v) is 13.0. The summed E-state index contributed by atoms with van der Waals surface area (Å²) in [5, 5.41) is 2.61. The van der Waals surface area contributed by atoms with E-state index in [1.807, 2.05) is 0 Å². The first-order valence-corrected chi connectivity index (χ1v) is 7.88. The van der Waals surface area contributed by atoms with Gasteiger partial charge in [0.1, 0.15) is 0 Å². The monoisotopic (exact) mass is 285 g/mol. The van der Waals surface area contributed by atoms with Crippen molar-refractivity contribution in [1.29, 1.82) is 0 Å². The summed E-state index contributed by atoms with van der Waals surface area (Å²) in [6.45, 7) is 4.44. The summed E-state index contributed by atoms with van der Waals surface area (Å²) < 4.78 is 0. The molecule has 1 N–H and O–H groups in total. The highest BCUT2D eigenvalue weighted by atomic mass is 14.7. The number of fused-ring (bicyclic) bond motifs is 3. The number of rotatable bonds is 2. The summed E-state index contributed by atoms with van der Waals surface area (Å²) in [6, 6.07) is 21.8. The quantitative estimate of drug-likeness (QED) is 0.475. The second-order valence-corrected chi connectivity index (χ2v) is 5.84. The highest BCUT2D eigenvalue weighted by Gasteiger charge is 2.12. The predicted octanol–water partition coefficient (Wildman–Crippen LogP) is 5.86. The lowest BCUT2D eigenvalue weighted by atomic mass is 9.93. The van der Waals surface area contributed by atoms with Gasteiger partial charge in [0.05, 0.1) is 5.52 Å². The molecule has 1 heteroatoms. The summed E-state index contributed by atoms with van der Waals surface area (Å²) in [5.74, 6) is 0. The Kier molecular flexibility index (Phi) is 3.00. The molecule has 0 radical (unpaired) electrons. The van der Waals surface area contributed by atoms with Crippen LogP contribution in [0.15, 0.2) is 60.7 Å². The zero-order chi connectivity index (χ0) is 15.1. The molecule has 0 saturated heterocycles. The van der Waals surface area contributed by atoms with Crippen molar-refractivity contribution in [1.82, 2.24) is 4.98 Å². The molecule has 4 rings (SSSR count). The first-order valence-electron chi connectivity index (χ1n) is 7.88. The van der Waals surface area contributed by atoms with Crippen molar-refractivity contribution in [3.63, 3.8) is 0 Å². The fourth-order valence-corrected chi connectivity index (χ4v) is 3.44. The Morgan fingerprint density at radius 3 is 2.41 bits per heavy atom. The highest BCUT2D eigenvalue weighted by molar-refractivity contribution is 6.09. The van der Waals surface area contributed by atoms with E-state index in [4.69, 9.17) is 0 Å². The zero-order valence-electron chi connectivity index (χ0n) is 13.0. The number of hydrogen-bond acceptors (Lipinski definition) is 0. The van der Waals surface area contributed by atoms with Crippen LogP contribution in [0.3, 0.4) is 0 Å². The van der Waals surface area contributed by atoms with E-state index in [0.29, 0.717) is 0 Å². The van der Waals surface area contributed by atoms with Gasteiger partial charge in [-0.2, -0.15) is 0 Å². The Balaban J connectivity index is 2.04. The number of para-hydroxylation sites is 1. The molecule has 0 unspecified atom stereocenters. The van der Waals surface area contributed by atoms with Gasteiger partial charge in [0.25, 0.3) is 0 Å². The van der Waals surface area contributed by atoms with Crippen LogP contribution in [0.4, 0.5) is 0 Å². The molecule has 22 heavy (non-hydrogen) atoms. The van der Waals surface area contributed by atoms with E-state index < -0.39 is 0 Å². The molecule has 0 aliphatic heterocycles. The minimum Gasteiger partial charge on any atom is -0.354 e. The van der Waals surface area contributed by atoms with Crippen molar-refractivity contribution in [2.24, 2.45) is 0 Å². The Labute approximate surface area is 130 Å². The van der Waals surface area contributed by atoms with Crippen molar-refractivity contribution in [3.8, 4) is 11.1 Å². The van der Waals surface area contributed by atoms with Gasteiger partial charge in [-0.25, -0.2) is 0 Å². The van der Waals surface area contributed by atoms with Gasteiger partial charge in [-0.15, -0.1) is 0 Å². The lowest BCUT2D eigenvalue weighted by Gasteiger charge is -2.11. The maximum Gasteiger partial charge on any atom is 0.0500 e. The summed E-state index contributed by atoms with van der Waals surface area (Å²) in [4.78, 5) is 3.59. The topological polar surface area (TPSA) is 15.8 Å². The Morgan fingerprint density at radius 1 is 0.773 bits per heavy atom. The third-order valence-electron chi connectivity index (χ3n) is 4.63. The van der Waals surface area contributed by atoms with Gasteiger partial charge in [0.2, 0.25) is 0 Å². The van der Waals surface area contributed by atoms with E-state index in [1.165, 1.54) is 44.1 Å². The van der Waals surface area contributed by atoms with Crippen molar-refractivity contribution in [3.05, 3.63) is 71.8 Å². The second-order valence-electron chi connectivity index (χ2n) is 5.84. The molecule has 0 aliphatic carbocycles. The summed E-state index contributed by atoms with van der Waals surface area (Å²) >= 11 is 0. The summed E-state index contributed by atoms with van der Waals surface area (Å²) in [5.41, 5.74) is 7.88. The number of aromatic nitrogens is 1. The summed E-state index contributed by atoms with van der Waals surface area (Å²) in [7, 11) is 0. The molecule has 0 spiro atoms. The van der Waals surface area contributed by atoms with Crippen LogP contribution in [0.2, 0.25) is 0 Å². The normalized spacial score (nSPS) is 11.4. The molecule has 0 aliphatic rings. The molecule has 4 aromatic rings. The van der Waals surface area contributed by atoms with E-state index in [2.05, 4.69) is 79.5 Å². The van der Waals surface area contributed by atoms with Crippen molar-refractivity contribution < 1.29 is 0 Å². The first-order chi connectivity index (χ1) is 10.8. The van der Waals surface area contributed by atoms with Gasteiger partial charge in [0.15, 0.2) is 0 Å². The molecule has 0 bridgehead atoms. The van der Waals surface area contributed by atoms with Crippen LogP contribution in [-0.2, 0) is 6.42 Å². The molecule has 0 atom stereocenters. The smallest absolute Gasteiger partial charge is 0.0500 e. The average molecular weight is 285 g/mol. The largest absolute Gasteiger partial charge is 0.354 e. The first kappa shape index (κ1) is 13.1. The molecule has 3 aromatic carbocycles. The van der Waals surface area contributed by atoms with Crippen molar-refractivity contribution in [2.75, 3.05) is 0 Å². The number of aryl methyl sites for hydroxylation is 2. The van der Waals surface area contributed by atoms with E-state index in [0.717, 1.165) is 6.42 Å². The summed E-state index contributed by atoms with van der Waals surface area (Å²) in [6.07, 6.45) is 1.06. The fourth-order valence-electron chi connectivity index (χ4n) is 3.44. The molecule has 1 nitrogen and oxygen atoms in total. The van der Waals surface area contributed by atoms with Gasteiger partial charge in [-0.05, 0) is 41.7 Å². The van der Waals surface area contributed by atoms with Crippen LogP contribution in [0, 0.1) is 6.92 Å². The maximum atomic E-state index is 3.59. The fraction of sp³-hybridized carbons (Fsp3) is 0.143. The lowest BCUT2D eigenvalue weighted by Crippen LogP contribution is -1.90. The van der Waals surface area contributed by atoms with Gasteiger partial charge in [0, 0.05) is 16.3 Å². The molecular formula is C21H19N. The van der Waals surface area contributed by atoms with E-state index in [9.17, 15) is 0 Å². The third kappa shape index (κ3) is 1.86. The molecule has 1 heterocycles. The van der Waals surface area contributed by atoms with Gasteiger partial charge in [-0.3, -0.25) is 0 Å². The van der Waals surface area contributed by atoms with Crippen LogP contribution >= 0.6 is 0 Å². The standard InChI is InChI=1S/C21H19N/c1-3-15-8-4-5-9-17(15)16-12-13-19-18-10-6-7-11-20(18)22-21(19)14(16)2/h4-13,22H,3H2,1-2H3. The Bertz CT molecular complexity index is 976. The minimum absolute atomic E-state index is 1.06. The molecule has 0 fully saturated rings. The lowest BCUT2D eigenvalue weighted by molar-refractivity contribution is 1.14. The van der Waals surface area contributed by atoms with Crippen molar-refractivity contribution in [2.45, 2.75) is 20.3 Å². The van der Waals surface area contributed by atoms with Crippen LogP contribution < -0.4 is 0 Å². The van der Waals surface area contributed by atoms with E-state index >= 15 is 0 Å². The number of benzene rings is 3. The van der Waals surface area contributed by atoms with Gasteiger partial charge in [-0.1, -0.05) is 61.5 Å².